The maximum Gasteiger partial charge on any atom is 0.161 e. The molecule has 144 valence electrons. The Morgan fingerprint density at radius 3 is 2.46 bits per heavy atom. The molecule has 3 heteroatoms. The summed E-state index contributed by atoms with van der Waals surface area (Å²) in [5.41, 5.74) is -0.531. The van der Waals surface area contributed by atoms with Gasteiger partial charge in [-0.05, 0) is 92.3 Å². The van der Waals surface area contributed by atoms with Crippen LogP contribution in [0.4, 0.5) is 0 Å². The van der Waals surface area contributed by atoms with Gasteiger partial charge in [0.05, 0.1) is 0 Å². The summed E-state index contributed by atoms with van der Waals surface area (Å²) in [5, 5.41) is 20.1. The molecule has 4 aliphatic carbocycles. The molecular formula is C23H34O3. The molecule has 4 fully saturated rings. The number of fused-ring (bicyclic) bond motifs is 5. The third-order valence-corrected chi connectivity index (χ3v) is 9.54. The molecule has 0 aromatic carbocycles. The Morgan fingerprint density at radius 2 is 1.77 bits per heavy atom. The number of terminal acetylenes is 1. The van der Waals surface area contributed by atoms with Gasteiger partial charge in [0.1, 0.15) is 12.2 Å². The molecule has 0 heterocycles. The first-order valence-electron chi connectivity index (χ1n) is 10.6. The van der Waals surface area contributed by atoms with Crippen molar-refractivity contribution in [1.82, 2.24) is 0 Å². The lowest BCUT2D eigenvalue weighted by Gasteiger charge is -2.61. The molecule has 0 saturated heterocycles. The van der Waals surface area contributed by atoms with E-state index < -0.39 is 5.60 Å². The summed E-state index contributed by atoms with van der Waals surface area (Å²) in [6, 6.07) is 0. The fraction of sp³-hybridized carbons (Fsp3) is 0.870. The van der Waals surface area contributed by atoms with Crippen LogP contribution in [0, 0.1) is 52.8 Å². The molecule has 0 spiro atoms. The third-order valence-electron chi connectivity index (χ3n) is 9.54. The Morgan fingerprint density at radius 1 is 1.04 bits per heavy atom. The summed E-state index contributed by atoms with van der Waals surface area (Å²) < 4.78 is 0. The van der Waals surface area contributed by atoms with Gasteiger partial charge in [-0.15, -0.1) is 6.42 Å². The number of carbonyl (C=O) groups excluding carboxylic acids is 1. The molecule has 0 unspecified atom stereocenters. The van der Waals surface area contributed by atoms with Crippen molar-refractivity contribution in [1.29, 1.82) is 0 Å². The molecule has 0 aromatic heterocycles. The molecule has 0 aromatic rings. The Bertz CT molecular complexity index is 636. The fourth-order valence-electron chi connectivity index (χ4n) is 8.02. The normalized spacial score (nSPS) is 53.1. The van der Waals surface area contributed by atoms with Crippen LogP contribution >= 0.6 is 0 Å². The Labute approximate surface area is 157 Å². The molecule has 3 nitrogen and oxygen atoms in total. The second kappa shape index (κ2) is 6.08. The highest BCUT2D eigenvalue weighted by Gasteiger charge is 2.61. The van der Waals surface area contributed by atoms with Crippen molar-refractivity contribution in [2.75, 3.05) is 6.61 Å². The molecular weight excluding hydrogens is 324 g/mol. The summed E-state index contributed by atoms with van der Waals surface area (Å²) in [4.78, 5) is 12.3. The molecule has 26 heavy (non-hydrogen) atoms. The number of Topliss-reactive ketones (excluding diaryl/α,β-unsaturated/α-hetero) is 1. The van der Waals surface area contributed by atoms with Crippen LogP contribution in [0.3, 0.4) is 0 Å². The summed E-state index contributed by atoms with van der Waals surface area (Å²) in [7, 11) is 0. The predicted octanol–water partition coefficient (Wildman–Crippen LogP) is 3.57. The Hall–Kier alpha value is -0.850. The van der Waals surface area contributed by atoms with Gasteiger partial charge in [-0.25, -0.2) is 0 Å². The second-order valence-corrected chi connectivity index (χ2v) is 10.3. The van der Waals surface area contributed by atoms with E-state index in [9.17, 15) is 15.0 Å². The molecule has 2 N–H and O–H groups in total. The van der Waals surface area contributed by atoms with E-state index in [2.05, 4.69) is 19.8 Å². The van der Waals surface area contributed by atoms with E-state index in [1.807, 2.05) is 0 Å². The average molecular weight is 359 g/mol. The fourth-order valence-corrected chi connectivity index (χ4v) is 8.02. The van der Waals surface area contributed by atoms with Crippen molar-refractivity contribution >= 4 is 5.78 Å². The topological polar surface area (TPSA) is 57.5 Å². The van der Waals surface area contributed by atoms with Crippen LogP contribution in [0.5, 0.6) is 0 Å². The zero-order valence-corrected chi connectivity index (χ0v) is 16.3. The van der Waals surface area contributed by atoms with E-state index >= 15 is 0 Å². The van der Waals surface area contributed by atoms with Gasteiger partial charge in [0.15, 0.2) is 5.78 Å². The smallest absolute Gasteiger partial charge is 0.161 e. The highest BCUT2D eigenvalue weighted by Crippen LogP contribution is 2.68. The van der Waals surface area contributed by atoms with Gasteiger partial charge in [-0.2, -0.15) is 0 Å². The molecule has 0 radical (unpaired) electrons. The van der Waals surface area contributed by atoms with Gasteiger partial charge in [-0.1, -0.05) is 19.8 Å². The largest absolute Gasteiger partial charge is 0.389 e. The van der Waals surface area contributed by atoms with E-state index in [4.69, 9.17) is 6.42 Å². The first-order chi connectivity index (χ1) is 12.3. The lowest BCUT2D eigenvalue weighted by Crippen LogP contribution is -2.56. The highest BCUT2D eigenvalue weighted by atomic mass is 16.3. The maximum absolute atomic E-state index is 12.3. The SMILES string of the molecule is C#C[C@@]1(O)CC[C@@]2(C)[C@H](CC[C@@H]3[C@@H]2CC[C@]2(C)[C@@H](C(=O)CO)CC[C@@H]32)C1. The molecule has 4 rings (SSSR count). The monoisotopic (exact) mass is 358 g/mol. The van der Waals surface area contributed by atoms with Crippen molar-refractivity contribution in [3.8, 4) is 12.3 Å². The molecule has 4 saturated carbocycles. The number of aliphatic hydroxyl groups is 2. The van der Waals surface area contributed by atoms with E-state index in [1.165, 1.54) is 12.8 Å². The van der Waals surface area contributed by atoms with E-state index in [0.29, 0.717) is 23.7 Å². The summed E-state index contributed by atoms with van der Waals surface area (Å²) in [6.07, 6.45) is 14.9. The van der Waals surface area contributed by atoms with Crippen molar-refractivity contribution in [3.05, 3.63) is 0 Å². The van der Waals surface area contributed by atoms with Crippen molar-refractivity contribution in [2.24, 2.45) is 40.4 Å². The molecule has 4 aliphatic rings. The summed E-state index contributed by atoms with van der Waals surface area (Å²) in [6.45, 7) is 4.48. The minimum absolute atomic E-state index is 0.0573. The molecule has 8 atom stereocenters. The van der Waals surface area contributed by atoms with Gasteiger partial charge >= 0.3 is 0 Å². The molecule has 0 aliphatic heterocycles. The third kappa shape index (κ3) is 2.45. The number of hydrogen-bond acceptors (Lipinski definition) is 3. The molecule has 0 bridgehead atoms. The van der Waals surface area contributed by atoms with Crippen LogP contribution < -0.4 is 0 Å². The number of carbonyl (C=O) groups is 1. The highest BCUT2D eigenvalue weighted by molar-refractivity contribution is 5.83. The van der Waals surface area contributed by atoms with Crippen molar-refractivity contribution in [3.63, 3.8) is 0 Å². The van der Waals surface area contributed by atoms with Gasteiger partial charge in [0, 0.05) is 5.92 Å². The van der Waals surface area contributed by atoms with Crippen molar-refractivity contribution in [2.45, 2.75) is 77.2 Å². The van der Waals surface area contributed by atoms with E-state index in [0.717, 1.165) is 44.9 Å². The standard InChI is InChI=1S/C23H34O3/c1-4-23(26)12-11-21(2)15(13-23)5-6-16-17-7-8-19(20(25)14-24)22(17,3)10-9-18(16)21/h1,15-19,24,26H,5-14H2,2-3H3/t15-,16+,17+,18+,19-,21+,22+,23-/m1/s1. The lowest BCUT2D eigenvalue weighted by atomic mass is 9.44. The van der Waals surface area contributed by atoms with Crippen LogP contribution in [0.15, 0.2) is 0 Å². The van der Waals surface area contributed by atoms with Gasteiger partial charge < -0.3 is 10.2 Å². The van der Waals surface area contributed by atoms with Crippen LogP contribution in [0.25, 0.3) is 0 Å². The van der Waals surface area contributed by atoms with Crippen molar-refractivity contribution < 1.29 is 15.0 Å². The Kier molecular flexibility index (Phi) is 4.33. The number of ketones is 1. The van der Waals surface area contributed by atoms with Crippen LogP contribution in [-0.2, 0) is 4.79 Å². The van der Waals surface area contributed by atoms with Crippen LogP contribution in [0.2, 0.25) is 0 Å². The lowest BCUT2D eigenvalue weighted by molar-refractivity contribution is -0.146. The first kappa shape index (κ1) is 18.5. The minimum atomic E-state index is -0.897. The van der Waals surface area contributed by atoms with Gasteiger partial charge in [-0.3, -0.25) is 4.79 Å². The van der Waals surface area contributed by atoms with Gasteiger partial charge in [0.2, 0.25) is 0 Å². The average Bonchev–Trinajstić information content (AvgIpc) is 2.99. The summed E-state index contributed by atoms with van der Waals surface area (Å²) >= 11 is 0. The van der Waals surface area contributed by atoms with E-state index in [1.54, 1.807) is 0 Å². The quantitative estimate of drug-likeness (QED) is 0.742. The van der Waals surface area contributed by atoms with E-state index in [-0.39, 0.29) is 29.1 Å². The van der Waals surface area contributed by atoms with Gasteiger partial charge in [0.25, 0.3) is 0 Å². The zero-order chi connectivity index (χ0) is 18.7. The minimum Gasteiger partial charge on any atom is -0.389 e. The number of rotatable bonds is 2. The maximum atomic E-state index is 12.3. The number of hydrogen-bond donors (Lipinski definition) is 2. The zero-order valence-electron chi connectivity index (χ0n) is 16.3. The predicted molar refractivity (Wildman–Crippen MR) is 101 cm³/mol. The number of aliphatic hydroxyl groups excluding tert-OH is 1. The first-order valence-corrected chi connectivity index (χ1v) is 10.6. The molecule has 0 amide bonds. The summed E-state index contributed by atoms with van der Waals surface area (Å²) in [5.74, 6) is 5.32. The Balaban J connectivity index is 1.59. The second-order valence-electron chi connectivity index (χ2n) is 10.3. The van der Waals surface area contributed by atoms with Crippen LogP contribution in [-0.4, -0.2) is 28.2 Å². The van der Waals surface area contributed by atoms with Crippen LogP contribution in [0.1, 0.15) is 71.6 Å².